The molecule has 0 aromatic heterocycles. The number of carbonyl (C=O) groups excluding carboxylic acids is 3. The largest absolute Gasteiger partial charge is 0.428 e. The highest BCUT2D eigenvalue weighted by Crippen LogP contribution is 2.30. The number of carbonyl (C=O) groups is 3. The van der Waals surface area contributed by atoms with E-state index in [0.717, 1.165) is 12.8 Å². The zero-order chi connectivity index (χ0) is 21.3. The van der Waals surface area contributed by atoms with Crippen molar-refractivity contribution < 1.29 is 28.6 Å². The number of rotatable bonds is 11. The molecule has 0 radical (unpaired) electrons. The zero-order valence-corrected chi connectivity index (χ0v) is 17.7. The second-order valence-corrected chi connectivity index (χ2v) is 8.07. The number of hydrogen-bond acceptors (Lipinski definition) is 6. The van der Waals surface area contributed by atoms with Gasteiger partial charge in [-0.3, -0.25) is 9.59 Å². The maximum Gasteiger partial charge on any atom is 0.412 e. The summed E-state index contributed by atoms with van der Waals surface area (Å²) in [5.41, 5.74) is 0.369. The molecule has 1 aromatic rings. The number of amides is 1. The molecule has 0 saturated carbocycles. The summed E-state index contributed by atoms with van der Waals surface area (Å²) >= 11 is 6.02. The smallest absolute Gasteiger partial charge is 0.412 e. The second kappa shape index (κ2) is 11.2. The van der Waals surface area contributed by atoms with E-state index in [4.69, 9.17) is 25.8 Å². The Morgan fingerprint density at radius 3 is 2.52 bits per heavy atom. The molecule has 0 aliphatic carbocycles. The molecular formula is C21H28ClNO6. The first-order valence-electron chi connectivity index (χ1n) is 9.70. The Hall–Kier alpha value is -2.12. The lowest BCUT2D eigenvalue weighted by Crippen LogP contribution is -2.41. The van der Waals surface area contributed by atoms with Gasteiger partial charge in [0.25, 0.3) is 0 Å². The highest BCUT2D eigenvalue weighted by molar-refractivity contribution is 6.33. The third kappa shape index (κ3) is 7.66. The van der Waals surface area contributed by atoms with Crippen LogP contribution >= 0.6 is 11.6 Å². The van der Waals surface area contributed by atoms with Crippen LogP contribution in [0.1, 0.15) is 49.4 Å². The summed E-state index contributed by atoms with van der Waals surface area (Å²) in [6, 6.07) is 7.01. The lowest BCUT2D eigenvalue weighted by molar-refractivity contribution is -0.166. The molecule has 0 unspecified atom stereocenters. The maximum atomic E-state index is 12.1. The summed E-state index contributed by atoms with van der Waals surface area (Å²) in [6.07, 6.45) is 2.35. The predicted octanol–water partition coefficient (Wildman–Crippen LogP) is 4.08. The highest BCUT2D eigenvalue weighted by Gasteiger charge is 2.36. The van der Waals surface area contributed by atoms with Crippen molar-refractivity contribution >= 4 is 29.4 Å². The predicted molar refractivity (Wildman–Crippen MR) is 108 cm³/mol. The molecule has 8 heteroatoms. The number of unbranched alkanes of at least 4 members (excludes halogenated alkanes) is 2. The molecule has 29 heavy (non-hydrogen) atoms. The van der Waals surface area contributed by atoms with E-state index < -0.39 is 18.9 Å². The van der Waals surface area contributed by atoms with Gasteiger partial charge in [-0.25, -0.2) is 4.79 Å². The molecule has 1 saturated heterocycles. The molecule has 0 bridgehead atoms. The van der Waals surface area contributed by atoms with Crippen LogP contribution in [0.2, 0.25) is 5.02 Å². The minimum atomic E-state index is -0.553. The maximum absolute atomic E-state index is 12.1. The van der Waals surface area contributed by atoms with Gasteiger partial charge in [0, 0.05) is 31.0 Å². The van der Waals surface area contributed by atoms with E-state index in [9.17, 15) is 14.4 Å². The van der Waals surface area contributed by atoms with Gasteiger partial charge >= 0.3 is 12.1 Å². The van der Waals surface area contributed by atoms with Crippen LogP contribution in [-0.2, 0) is 19.0 Å². The lowest BCUT2D eigenvalue weighted by Gasteiger charge is -2.36. The van der Waals surface area contributed by atoms with Crippen molar-refractivity contribution in [2.75, 3.05) is 33.6 Å². The molecule has 160 valence electrons. The van der Waals surface area contributed by atoms with Crippen LogP contribution in [0.5, 0.6) is 0 Å². The van der Waals surface area contributed by atoms with Gasteiger partial charge < -0.3 is 19.1 Å². The monoisotopic (exact) mass is 425 g/mol. The van der Waals surface area contributed by atoms with Crippen LogP contribution in [0, 0.1) is 5.41 Å². The number of hydrogen-bond donors (Lipinski definition) is 0. The number of ketones is 1. The molecule has 2 rings (SSSR count). The van der Waals surface area contributed by atoms with Crippen molar-refractivity contribution in [2.45, 2.75) is 39.0 Å². The fourth-order valence-corrected chi connectivity index (χ4v) is 3.17. The van der Waals surface area contributed by atoms with Gasteiger partial charge in [-0.15, -0.1) is 0 Å². The van der Waals surface area contributed by atoms with Gasteiger partial charge in [-0.1, -0.05) is 37.1 Å². The summed E-state index contributed by atoms with van der Waals surface area (Å²) in [4.78, 5) is 37.2. The first-order valence-corrected chi connectivity index (χ1v) is 10.1. The first kappa shape index (κ1) is 23.2. The third-order valence-corrected chi connectivity index (χ3v) is 5.09. The quantitative estimate of drug-likeness (QED) is 0.230. The second-order valence-electron chi connectivity index (χ2n) is 7.66. The van der Waals surface area contributed by atoms with E-state index in [1.54, 1.807) is 31.3 Å². The minimum absolute atomic E-state index is 0.0208. The summed E-state index contributed by atoms with van der Waals surface area (Å²) in [5, 5.41) is 0.468. The molecule has 1 fully saturated rings. The molecule has 7 nitrogen and oxygen atoms in total. The van der Waals surface area contributed by atoms with Crippen molar-refractivity contribution in [3.63, 3.8) is 0 Å². The van der Waals surface area contributed by atoms with E-state index in [2.05, 4.69) is 0 Å². The molecule has 0 N–H and O–H groups in total. The van der Waals surface area contributed by atoms with Gasteiger partial charge in [0.2, 0.25) is 6.79 Å². The molecular weight excluding hydrogens is 398 g/mol. The summed E-state index contributed by atoms with van der Waals surface area (Å²) in [7, 11) is 1.62. The van der Waals surface area contributed by atoms with Crippen molar-refractivity contribution in [3.8, 4) is 0 Å². The van der Waals surface area contributed by atoms with E-state index in [1.807, 2.05) is 6.92 Å². The zero-order valence-electron chi connectivity index (χ0n) is 16.9. The van der Waals surface area contributed by atoms with Crippen LogP contribution in [0.3, 0.4) is 0 Å². The molecule has 1 amide bonds. The van der Waals surface area contributed by atoms with Crippen molar-refractivity contribution in [3.05, 3.63) is 34.9 Å². The van der Waals surface area contributed by atoms with Crippen molar-refractivity contribution in [1.82, 2.24) is 4.90 Å². The molecule has 1 aliphatic heterocycles. The Kier molecular flexibility index (Phi) is 8.92. The van der Waals surface area contributed by atoms with Crippen LogP contribution < -0.4 is 0 Å². The molecule has 0 spiro atoms. The average molecular weight is 426 g/mol. The third-order valence-electron chi connectivity index (χ3n) is 4.76. The number of halogens is 1. The molecule has 1 heterocycles. The van der Waals surface area contributed by atoms with E-state index in [-0.39, 0.29) is 17.6 Å². The molecule has 1 aromatic carbocycles. The highest BCUT2D eigenvalue weighted by atomic mass is 35.5. The number of ether oxygens (including phenoxy) is 3. The topological polar surface area (TPSA) is 82.1 Å². The van der Waals surface area contributed by atoms with E-state index in [1.165, 1.54) is 4.90 Å². The van der Waals surface area contributed by atoms with Crippen LogP contribution in [0.15, 0.2) is 24.3 Å². The Bertz CT molecular complexity index is 719. The summed E-state index contributed by atoms with van der Waals surface area (Å²) in [5.74, 6) is -0.387. The summed E-state index contributed by atoms with van der Waals surface area (Å²) in [6.45, 7) is 3.11. The lowest BCUT2D eigenvalue weighted by atomic mass is 9.85. The standard InChI is InChI=1S/C21H28ClNO6/c1-21(13-27-14-21)12-19(25)28-15-29-20(26)23(2)11-7-3-4-10-18(24)16-8-5-6-9-17(16)22/h5-6,8-9H,3-4,7,10-15H2,1-2H3. The number of nitrogens with zero attached hydrogens (tertiary/aromatic N) is 1. The fourth-order valence-electron chi connectivity index (χ4n) is 2.93. The van der Waals surface area contributed by atoms with Gasteiger partial charge in [0.1, 0.15) is 0 Å². The van der Waals surface area contributed by atoms with Gasteiger partial charge in [-0.2, -0.15) is 0 Å². The Labute approximate surface area is 176 Å². The minimum Gasteiger partial charge on any atom is -0.428 e. The van der Waals surface area contributed by atoms with Crippen molar-refractivity contribution in [1.29, 1.82) is 0 Å². The Morgan fingerprint density at radius 1 is 1.14 bits per heavy atom. The van der Waals surface area contributed by atoms with E-state index in [0.29, 0.717) is 43.2 Å². The summed E-state index contributed by atoms with van der Waals surface area (Å²) < 4.78 is 15.0. The Balaban J connectivity index is 1.53. The first-order chi connectivity index (χ1) is 13.8. The normalized spacial score (nSPS) is 14.6. The number of Topliss-reactive ketones (excluding diaryl/α,β-unsaturated/α-hetero) is 1. The SMILES string of the molecule is CN(CCCCCC(=O)c1ccccc1Cl)C(=O)OCOC(=O)CC1(C)COC1. The number of benzene rings is 1. The fraction of sp³-hybridized carbons (Fsp3) is 0.571. The van der Waals surface area contributed by atoms with Crippen LogP contribution in [0.25, 0.3) is 0 Å². The van der Waals surface area contributed by atoms with Gasteiger partial charge in [-0.05, 0) is 25.0 Å². The number of esters is 1. The van der Waals surface area contributed by atoms with Crippen molar-refractivity contribution in [2.24, 2.45) is 5.41 Å². The Morgan fingerprint density at radius 2 is 1.86 bits per heavy atom. The van der Waals surface area contributed by atoms with Gasteiger partial charge in [0.05, 0.1) is 24.7 Å². The average Bonchev–Trinajstić information content (AvgIpc) is 2.66. The van der Waals surface area contributed by atoms with Crippen LogP contribution in [0.4, 0.5) is 4.79 Å². The van der Waals surface area contributed by atoms with Crippen LogP contribution in [-0.4, -0.2) is 56.3 Å². The van der Waals surface area contributed by atoms with Gasteiger partial charge in [0.15, 0.2) is 5.78 Å². The molecule has 0 atom stereocenters. The van der Waals surface area contributed by atoms with E-state index >= 15 is 0 Å². The molecule has 1 aliphatic rings.